The predicted octanol–water partition coefficient (Wildman–Crippen LogP) is 4.34. The van der Waals surface area contributed by atoms with Gasteiger partial charge in [0, 0.05) is 38.2 Å². The second-order valence-electron chi connectivity index (χ2n) is 7.67. The summed E-state index contributed by atoms with van der Waals surface area (Å²) in [7, 11) is 0. The van der Waals surface area contributed by atoms with Gasteiger partial charge >= 0.3 is 6.18 Å². The van der Waals surface area contributed by atoms with Gasteiger partial charge in [-0.2, -0.15) is 13.2 Å². The number of alkyl halides is 3. The Hall–Kier alpha value is -3.10. The van der Waals surface area contributed by atoms with E-state index in [0.29, 0.717) is 31.8 Å². The fourth-order valence-electron chi connectivity index (χ4n) is 3.39. The average Bonchev–Trinajstić information content (AvgIpc) is 3.57. The maximum absolute atomic E-state index is 13.2. The van der Waals surface area contributed by atoms with Gasteiger partial charge in [-0.25, -0.2) is 4.99 Å². The van der Waals surface area contributed by atoms with Gasteiger partial charge in [0.1, 0.15) is 23.4 Å². The second kappa shape index (κ2) is 10.5. The number of para-hydroxylation sites is 1. The van der Waals surface area contributed by atoms with Crippen LogP contribution in [0, 0.1) is 0 Å². The highest BCUT2D eigenvalue weighted by Gasteiger charge is 2.35. The topological polar surface area (TPSA) is 66.3 Å². The lowest BCUT2D eigenvalue weighted by molar-refractivity contribution is -0.139. The van der Waals surface area contributed by atoms with Crippen LogP contribution in [0.15, 0.2) is 57.9 Å². The summed E-state index contributed by atoms with van der Waals surface area (Å²) < 4.78 is 45.3. The minimum absolute atomic E-state index is 0.146. The number of nitrogens with one attached hydrogen (secondary N) is 1. The highest BCUT2D eigenvalue weighted by molar-refractivity contribution is 5.94. The van der Waals surface area contributed by atoms with Crippen LogP contribution in [-0.2, 0) is 11.0 Å². The van der Waals surface area contributed by atoms with Crippen molar-refractivity contribution in [1.82, 2.24) is 10.2 Å². The number of halogens is 3. The Morgan fingerprint density at radius 3 is 2.47 bits per heavy atom. The lowest BCUT2D eigenvalue weighted by Gasteiger charge is -2.34. The number of carbonyl (C=O) groups excluding carboxylic acids is 1. The van der Waals surface area contributed by atoms with Crippen LogP contribution in [-0.4, -0.2) is 49.0 Å². The van der Waals surface area contributed by atoms with Crippen LogP contribution in [0.5, 0.6) is 5.75 Å². The summed E-state index contributed by atoms with van der Waals surface area (Å²) in [6.07, 6.45) is 3.18. The molecule has 32 heavy (non-hydrogen) atoms. The van der Waals surface area contributed by atoms with Crippen LogP contribution in [0.25, 0.3) is 0 Å². The van der Waals surface area contributed by atoms with Crippen molar-refractivity contribution < 1.29 is 22.7 Å². The summed E-state index contributed by atoms with van der Waals surface area (Å²) in [5.74, 6) is 0.225. The molecule has 2 fully saturated rings. The number of aliphatic imine (C=N–C) groups is 2. The Bertz CT molecular complexity index is 912. The monoisotopic (exact) mass is 448 g/mol. The molecular formula is C23H27F3N4O2. The van der Waals surface area contributed by atoms with E-state index in [0.717, 1.165) is 18.9 Å². The Labute approximate surface area is 185 Å². The quantitative estimate of drug-likeness (QED) is 0.365. The van der Waals surface area contributed by atoms with Crippen LogP contribution >= 0.6 is 0 Å². The molecule has 1 saturated carbocycles. The number of piperidine rings is 1. The molecular weight excluding hydrogens is 421 g/mol. The number of likely N-dealkylation sites (tertiary alicyclic amines) is 1. The van der Waals surface area contributed by atoms with E-state index in [4.69, 9.17) is 4.74 Å². The molecule has 1 aliphatic carbocycles. The van der Waals surface area contributed by atoms with Crippen molar-refractivity contribution in [1.29, 1.82) is 0 Å². The first kappa shape index (κ1) is 23.6. The lowest BCUT2D eigenvalue weighted by Crippen LogP contribution is -2.37. The van der Waals surface area contributed by atoms with Gasteiger partial charge in [0.15, 0.2) is 0 Å². The van der Waals surface area contributed by atoms with Crippen molar-refractivity contribution in [2.75, 3.05) is 13.1 Å². The van der Waals surface area contributed by atoms with Gasteiger partial charge in [0.25, 0.3) is 5.91 Å². The van der Waals surface area contributed by atoms with Gasteiger partial charge in [-0.3, -0.25) is 9.79 Å². The normalized spacial score (nSPS) is 18.7. The van der Waals surface area contributed by atoms with Crippen molar-refractivity contribution in [3.05, 3.63) is 53.5 Å². The number of allylic oxidation sites excluding steroid dienone is 2. The number of rotatable bonds is 8. The van der Waals surface area contributed by atoms with Crippen molar-refractivity contribution in [3.63, 3.8) is 0 Å². The van der Waals surface area contributed by atoms with E-state index in [-0.39, 0.29) is 29.5 Å². The summed E-state index contributed by atoms with van der Waals surface area (Å²) in [4.78, 5) is 22.4. The Morgan fingerprint density at radius 1 is 1.19 bits per heavy atom. The fraction of sp³-hybridized carbons (Fsp3) is 0.435. The van der Waals surface area contributed by atoms with Crippen LogP contribution in [0.3, 0.4) is 0 Å². The zero-order chi connectivity index (χ0) is 23.1. The van der Waals surface area contributed by atoms with Crippen LogP contribution in [0.2, 0.25) is 0 Å². The third kappa shape index (κ3) is 6.45. The zero-order valence-electron chi connectivity index (χ0n) is 17.9. The molecule has 3 rings (SSSR count). The van der Waals surface area contributed by atoms with Gasteiger partial charge in [-0.05, 0) is 50.8 Å². The van der Waals surface area contributed by atoms with Crippen molar-refractivity contribution in [2.45, 2.75) is 50.9 Å². The molecule has 0 unspecified atom stereocenters. The van der Waals surface area contributed by atoms with E-state index in [9.17, 15) is 18.0 Å². The first-order valence-corrected chi connectivity index (χ1v) is 10.6. The van der Waals surface area contributed by atoms with Crippen molar-refractivity contribution in [3.8, 4) is 5.75 Å². The van der Waals surface area contributed by atoms with Gasteiger partial charge in [0.05, 0.1) is 5.56 Å². The first-order chi connectivity index (χ1) is 15.3. The first-order valence-electron chi connectivity index (χ1n) is 10.6. The van der Waals surface area contributed by atoms with E-state index in [1.165, 1.54) is 18.2 Å². The van der Waals surface area contributed by atoms with Crippen molar-refractivity contribution in [2.24, 2.45) is 9.98 Å². The number of nitrogens with zero attached hydrogens (tertiary/aromatic N) is 3. The van der Waals surface area contributed by atoms with E-state index in [1.807, 2.05) is 4.90 Å². The molecule has 0 spiro atoms. The summed E-state index contributed by atoms with van der Waals surface area (Å²) >= 11 is 0. The molecule has 1 saturated heterocycles. The Morgan fingerprint density at radius 2 is 1.88 bits per heavy atom. The number of benzene rings is 1. The van der Waals surface area contributed by atoms with Gasteiger partial charge < -0.3 is 15.0 Å². The van der Waals surface area contributed by atoms with Gasteiger partial charge in [0.2, 0.25) is 0 Å². The standard InChI is InChI=1S/C23H27F3N4O2/c1-3-28-21(11-10-19(27-2)22(31)29-16-8-9-16)30-14-12-17(13-15-30)32-20-7-5-4-6-18(20)23(24,25)26/h3-7,10-11,16-17H,2,8-9,12-15H2,1H3,(H,29,31)/b19-10-,21-11+,28-3+. The van der Waals surface area contributed by atoms with Gasteiger partial charge in [-0.15, -0.1) is 0 Å². The number of hydrogen-bond acceptors (Lipinski definition) is 5. The van der Waals surface area contributed by atoms with E-state index in [2.05, 4.69) is 22.0 Å². The molecule has 1 aromatic carbocycles. The van der Waals surface area contributed by atoms with E-state index < -0.39 is 11.7 Å². The maximum atomic E-state index is 13.2. The predicted molar refractivity (Wildman–Crippen MR) is 118 cm³/mol. The molecule has 1 aromatic rings. The molecule has 0 aromatic heterocycles. The third-order valence-corrected chi connectivity index (χ3v) is 5.22. The lowest BCUT2D eigenvalue weighted by atomic mass is 10.1. The summed E-state index contributed by atoms with van der Waals surface area (Å²) in [6.45, 7) is 6.36. The minimum Gasteiger partial charge on any atom is -0.490 e. The smallest absolute Gasteiger partial charge is 0.419 e. The number of carbonyl (C=O) groups is 1. The fourth-order valence-corrected chi connectivity index (χ4v) is 3.39. The average molecular weight is 448 g/mol. The second-order valence-corrected chi connectivity index (χ2v) is 7.67. The molecule has 0 bridgehead atoms. The molecule has 1 N–H and O–H groups in total. The minimum atomic E-state index is -4.46. The Kier molecular flexibility index (Phi) is 7.71. The molecule has 9 heteroatoms. The summed E-state index contributed by atoms with van der Waals surface area (Å²) in [5.41, 5.74) is -0.555. The van der Waals surface area contributed by atoms with E-state index in [1.54, 1.807) is 25.3 Å². The number of ether oxygens (including phenoxy) is 1. The van der Waals surface area contributed by atoms with Crippen LogP contribution < -0.4 is 10.1 Å². The molecule has 6 nitrogen and oxygen atoms in total. The SMILES string of the molecule is C=N\C(=C/C=C(\N=C\C)N1CCC(Oc2ccccc2C(F)(F)F)CC1)C(=O)NC1CC1. The zero-order valence-corrected chi connectivity index (χ0v) is 17.9. The molecule has 1 aliphatic heterocycles. The van der Waals surface area contributed by atoms with E-state index >= 15 is 0 Å². The highest BCUT2D eigenvalue weighted by atomic mass is 19.4. The molecule has 1 heterocycles. The molecule has 1 amide bonds. The Balaban J connectivity index is 1.64. The number of hydrogen-bond donors (Lipinski definition) is 1. The summed E-state index contributed by atoms with van der Waals surface area (Å²) in [6, 6.07) is 5.48. The molecule has 0 atom stereocenters. The van der Waals surface area contributed by atoms with Crippen LogP contribution in [0.4, 0.5) is 13.2 Å². The number of amides is 1. The summed E-state index contributed by atoms with van der Waals surface area (Å²) in [5, 5.41) is 2.87. The molecule has 0 radical (unpaired) electrons. The maximum Gasteiger partial charge on any atom is 0.419 e. The van der Waals surface area contributed by atoms with Crippen LogP contribution in [0.1, 0.15) is 38.2 Å². The third-order valence-electron chi connectivity index (χ3n) is 5.22. The molecule has 2 aliphatic rings. The van der Waals surface area contributed by atoms with Gasteiger partial charge in [-0.1, -0.05) is 12.1 Å². The van der Waals surface area contributed by atoms with Crippen molar-refractivity contribution >= 4 is 18.8 Å². The molecule has 172 valence electrons. The largest absolute Gasteiger partial charge is 0.490 e. The highest BCUT2D eigenvalue weighted by Crippen LogP contribution is 2.37.